The zero-order chi connectivity index (χ0) is 20.0. The Hall–Kier alpha value is -2.82. The molecule has 1 aliphatic heterocycles. The van der Waals surface area contributed by atoms with Gasteiger partial charge in [0.25, 0.3) is 0 Å². The number of nitrogens with zero attached hydrogens (tertiary/aromatic N) is 1. The molecule has 3 rings (SSSR count). The van der Waals surface area contributed by atoms with E-state index in [1.807, 2.05) is 68.4 Å². The van der Waals surface area contributed by atoms with Gasteiger partial charge in [-0.15, -0.1) is 0 Å². The fourth-order valence-corrected chi connectivity index (χ4v) is 3.59. The first-order chi connectivity index (χ1) is 13.5. The lowest BCUT2D eigenvalue weighted by atomic mass is 9.81. The molecule has 0 spiro atoms. The van der Waals surface area contributed by atoms with Crippen LogP contribution in [-0.2, 0) is 17.9 Å². The van der Waals surface area contributed by atoms with Crippen molar-refractivity contribution in [2.75, 3.05) is 13.1 Å². The molecule has 3 amide bonds. The fraction of sp³-hybridized carbons (Fsp3) is 0.391. The number of rotatable bonds is 5. The van der Waals surface area contributed by atoms with Crippen LogP contribution in [0.25, 0.3) is 0 Å². The number of carbonyl (C=O) groups excluding carboxylic acids is 2. The molecular weight excluding hydrogens is 350 g/mol. The zero-order valence-electron chi connectivity index (χ0n) is 16.7. The zero-order valence-corrected chi connectivity index (χ0v) is 16.7. The molecule has 0 aliphatic carbocycles. The Labute approximate surface area is 167 Å². The summed E-state index contributed by atoms with van der Waals surface area (Å²) < 4.78 is 0. The van der Waals surface area contributed by atoms with E-state index in [0.717, 1.165) is 24.0 Å². The highest BCUT2D eigenvalue weighted by atomic mass is 16.2. The molecule has 28 heavy (non-hydrogen) atoms. The molecule has 2 N–H and O–H groups in total. The Balaban J connectivity index is 1.53. The van der Waals surface area contributed by atoms with Crippen molar-refractivity contribution >= 4 is 11.9 Å². The Kier molecular flexibility index (Phi) is 6.34. The van der Waals surface area contributed by atoms with E-state index >= 15 is 0 Å². The topological polar surface area (TPSA) is 61.4 Å². The number of amides is 3. The van der Waals surface area contributed by atoms with Crippen LogP contribution in [0, 0.1) is 12.3 Å². The second-order valence-corrected chi connectivity index (χ2v) is 7.90. The van der Waals surface area contributed by atoms with Gasteiger partial charge < -0.3 is 15.5 Å². The summed E-state index contributed by atoms with van der Waals surface area (Å²) in [5, 5.41) is 6.01. The standard InChI is InChI=1S/C23H29N3O2/c1-18-9-11-20(12-10-18)15-24-21(27)23(2)13-6-14-26(17-23)22(28)25-16-19-7-4-3-5-8-19/h3-5,7-12H,6,13-17H2,1-2H3,(H,24,27)(H,25,28)/t23-/m1/s1. The summed E-state index contributed by atoms with van der Waals surface area (Å²) >= 11 is 0. The third-order valence-corrected chi connectivity index (χ3v) is 5.39. The van der Waals surface area contributed by atoms with Crippen LogP contribution in [0.2, 0.25) is 0 Å². The predicted molar refractivity (Wildman–Crippen MR) is 111 cm³/mol. The average molecular weight is 380 g/mol. The van der Waals surface area contributed by atoms with Crippen LogP contribution >= 0.6 is 0 Å². The van der Waals surface area contributed by atoms with Gasteiger partial charge in [-0.2, -0.15) is 0 Å². The average Bonchev–Trinajstić information content (AvgIpc) is 2.72. The van der Waals surface area contributed by atoms with E-state index in [2.05, 4.69) is 10.6 Å². The number of urea groups is 1. The van der Waals surface area contributed by atoms with E-state index < -0.39 is 5.41 Å². The van der Waals surface area contributed by atoms with Gasteiger partial charge in [0, 0.05) is 26.2 Å². The summed E-state index contributed by atoms with van der Waals surface area (Å²) in [6, 6.07) is 17.9. The molecule has 2 aromatic rings. The van der Waals surface area contributed by atoms with E-state index in [-0.39, 0.29) is 11.9 Å². The largest absolute Gasteiger partial charge is 0.351 e. The minimum atomic E-state index is -0.562. The van der Waals surface area contributed by atoms with Crippen molar-refractivity contribution in [3.63, 3.8) is 0 Å². The molecule has 2 aromatic carbocycles. The Morgan fingerprint density at radius 3 is 2.32 bits per heavy atom. The van der Waals surface area contributed by atoms with Crippen LogP contribution in [0.1, 0.15) is 36.5 Å². The molecule has 1 fully saturated rings. The van der Waals surface area contributed by atoms with E-state index in [1.54, 1.807) is 4.90 Å². The van der Waals surface area contributed by atoms with Crippen LogP contribution in [0.15, 0.2) is 54.6 Å². The third kappa shape index (κ3) is 5.12. The third-order valence-electron chi connectivity index (χ3n) is 5.39. The van der Waals surface area contributed by atoms with Gasteiger partial charge in [0.1, 0.15) is 0 Å². The number of nitrogens with one attached hydrogen (secondary N) is 2. The Bertz CT molecular complexity index is 804. The van der Waals surface area contributed by atoms with E-state index in [0.29, 0.717) is 26.2 Å². The van der Waals surface area contributed by atoms with Crippen molar-refractivity contribution in [1.29, 1.82) is 0 Å². The number of aryl methyl sites for hydroxylation is 1. The molecule has 5 nitrogen and oxygen atoms in total. The molecule has 0 unspecified atom stereocenters. The number of likely N-dealkylation sites (tertiary alicyclic amines) is 1. The fourth-order valence-electron chi connectivity index (χ4n) is 3.59. The van der Waals surface area contributed by atoms with E-state index in [9.17, 15) is 9.59 Å². The van der Waals surface area contributed by atoms with Gasteiger partial charge in [-0.1, -0.05) is 60.2 Å². The first-order valence-electron chi connectivity index (χ1n) is 9.87. The summed E-state index contributed by atoms with van der Waals surface area (Å²) in [6.45, 7) is 6.12. The first kappa shape index (κ1) is 19.9. The molecule has 0 bridgehead atoms. The second kappa shape index (κ2) is 8.91. The molecule has 5 heteroatoms. The number of hydrogen-bond acceptors (Lipinski definition) is 2. The van der Waals surface area contributed by atoms with Gasteiger partial charge in [0.05, 0.1) is 5.41 Å². The Morgan fingerprint density at radius 2 is 1.61 bits per heavy atom. The maximum absolute atomic E-state index is 12.8. The highest BCUT2D eigenvalue weighted by Crippen LogP contribution is 2.30. The van der Waals surface area contributed by atoms with Crippen LogP contribution < -0.4 is 10.6 Å². The van der Waals surface area contributed by atoms with Crippen molar-refractivity contribution in [2.45, 2.75) is 39.8 Å². The van der Waals surface area contributed by atoms with E-state index in [4.69, 9.17) is 0 Å². The molecule has 0 aromatic heterocycles. The summed E-state index contributed by atoms with van der Waals surface area (Å²) in [5.74, 6) is 0.00799. The lowest BCUT2D eigenvalue weighted by Gasteiger charge is -2.39. The molecule has 148 valence electrons. The normalized spacial score (nSPS) is 19.1. The molecule has 0 radical (unpaired) electrons. The van der Waals surface area contributed by atoms with Gasteiger partial charge >= 0.3 is 6.03 Å². The monoisotopic (exact) mass is 379 g/mol. The second-order valence-electron chi connectivity index (χ2n) is 7.90. The van der Waals surface area contributed by atoms with Crippen LogP contribution in [-0.4, -0.2) is 29.9 Å². The van der Waals surface area contributed by atoms with Crippen LogP contribution in [0.4, 0.5) is 4.79 Å². The Morgan fingerprint density at radius 1 is 0.964 bits per heavy atom. The van der Waals surface area contributed by atoms with Gasteiger partial charge in [-0.25, -0.2) is 4.79 Å². The van der Waals surface area contributed by atoms with Crippen LogP contribution in [0.3, 0.4) is 0 Å². The van der Waals surface area contributed by atoms with Crippen molar-refractivity contribution < 1.29 is 9.59 Å². The van der Waals surface area contributed by atoms with Gasteiger partial charge in [0.2, 0.25) is 5.91 Å². The van der Waals surface area contributed by atoms with Gasteiger partial charge in [-0.3, -0.25) is 4.79 Å². The summed E-state index contributed by atoms with van der Waals surface area (Å²) in [6.07, 6.45) is 1.61. The first-order valence-corrected chi connectivity index (χ1v) is 9.87. The molecule has 1 heterocycles. The minimum Gasteiger partial charge on any atom is -0.351 e. The van der Waals surface area contributed by atoms with Crippen molar-refractivity contribution in [1.82, 2.24) is 15.5 Å². The lowest BCUT2D eigenvalue weighted by molar-refractivity contribution is -0.132. The summed E-state index contributed by atoms with van der Waals surface area (Å²) in [4.78, 5) is 27.2. The lowest BCUT2D eigenvalue weighted by Crippen LogP contribution is -2.53. The van der Waals surface area contributed by atoms with Gasteiger partial charge in [0.15, 0.2) is 0 Å². The van der Waals surface area contributed by atoms with Crippen molar-refractivity contribution in [3.05, 3.63) is 71.3 Å². The van der Waals surface area contributed by atoms with Crippen molar-refractivity contribution in [3.8, 4) is 0 Å². The quantitative estimate of drug-likeness (QED) is 0.833. The van der Waals surface area contributed by atoms with Crippen molar-refractivity contribution in [2.24, 2.45) is 5.41 Å². The maximum Gasteiger partial charge on any atom is 0.317 e. The molecule has 0 saturated carbocycles. The highest BCUT2D eigenvalue weighted by Gasteiger charge is 2.39. The number of hydrogen-bond donors (Lipinski definition) is 2. The number of benzene rings is 2. The van der Waals surface area contributed by atoms with E-state index in [1.165, 1.54) is 5.56 Å². The summed E-state index contributed by atoms with van der Waals surface area (Å²) in [7, 11) is 0. The predicted octanol–water partition coefficient (Wildman–Crippen LogP) is 3.62. The molecule has 1 aliphatic rings. The molecule has 1 atom stereocenters. The van der Waals surface area contributed by atoms with Crippen LogP contribution in [0.5, 0.6) is 0 Å². The van der Waals surface area contributed by atoms with Gasteiger partial charge in [-0.05, 0) is 37.8 Å². The smallest absolute Gasteiger partial charge is 0.317 e. The minimum absolute atomic E-state index is 0.00799. The SMILES string of the molecule is Cc1ccc(CNC(=O)[C@]2(C)CCCN(C(=O)NCc3ccccc3)C2)cc1. The maximum atomic E-state index is 12.8. The highest BCUT2D eigenvalue weighted by molar-refractivity contribution is 5.84. The molecule has 1 saturated heterocycles. The number of piperidine rings is 1. The number of carbonyl (C=O) groups is 2. The molecular formula is C23H29N3O2. The summed E-state index contributed by atoms with van der Waals surface area (Å²) in [5.41, 5.74) is 2.78.